The molecule has 2 aliphatic rings. The van der Waals surface area contributed by atoms with Crippen molar-refractivity contribution in [3.63, 3.8) is 0 Å². The van der Waals surface area contributed by atoms with Gasteiger partial charge in [-0.2, -0.15) is 0 Å². The number of carbonyl (C=O) groups excluding carboxylic acids is 2. The predicted molar refractivity (Wildman–Crippen MR) is 74.1 cm³/mol. The normalized spacial score (nSPS) is 22.7. The van der Waals surface area contributed by atoms with Crippen LogP contribution in [0.25, 0.3) is 0 Å². The van der Waals surface area contributed by atoms with Gasteiger partial charge in [-0.05, 0) is 30.9 Å². The van der Waals surface area contributed by atoms with Gasteiger partial charge in [0.2, 0.25) is 5.91 Å². The molecular weight excluding hydrogens is 256 g/mol. The van der Waals surface area contributed by atoms with Crippen molar-refractivity contribution in [1.82, 2.24) is 4.90 Å². The lowest BCUT2D eigenvalue weighted by molar-refractivity contribution is -0.148. The number of nitrogens with one attached hydrogen (secondary N) is 1. The lowest BCUT2D eigenvalue weighted by Gasteiger charge is -2.28. The van der Waals surface area contributed by atoms with Gasteiger partial charge in [-0.15, -0.1) is 0 Å². The van der Waals surface area contributed by atoms with Crippen molar-refractivity contribution in [2.24, 2.45) is 0 Å². The lowest BCUT2D eigenvalue weighted by Crippen LogP contribution is -2.43. The van der Waals surface area contributed by atoms with Crippen LogP contribution in [-0.4, -0.2) is 36.0 Å². The largest absolute Gasteiger partial charge is 0.368 e. The van der Waals surface area contributed by atoms with Gasteiger partial charge in [-0.25, -0.2) is 0 Å². The van der Waals surface area contributed by atoms with E-state index >= 15 is 0 Å². The van der Waals surface area contributed by atoms with Gasteiger partial charge in [-0.1, -0.05) is 18.2 Å². The minimum atomic E-state index is -0.387. The molecule has 106 valence electrons. The molecule has 0 spiro atoms. The van der Waals surface area contributed by atoms with Crippen LogP contribution in [0.1, 0.15) is 24.8 Å². The highest BCUT2D eigenvalue weighted by molar-refractivity contribution is 5.96. The Bertz CT molecular complexity index is 524. The fourth-order valence-corrected chi connectivity index (χ4v) is 2.70. The first-order chi connectivity index (χ1) is 9.74. The van der Waals surface area contributed by atoms with Gasteiger partial charge in [0.15, 0.2) is 0 Å². The number of fused-ring (bicyclic) bond motifs is 1. The van der Waals surface area contributed by atoms with Gasteiger partial charge in [-0.3, -0.25) is 9.59 Å². The van der Waals surface area contributed by atoms with E-state index in [-0.39, 0.29) is 24.5 Å². The molecule has 2 aliphatic heterocycles. The van der Waals surface area contributed by atoms with Gasteiger partial charge >= 0.3 is 0 Å². The zero-order valence-electron chi connectivity index (χ0n) is 11.3. The summed E-state index contributed by atoms with van der Waals surface area (Å²) in [4.78, 5) is 26.0. The molecule has 5 heteroatoms. The summed E-state index contributed by atoms with van der Waals surface area (Å²) in [6.45, 7) is 1.17. The first-order valence-corrected chi connectivity index (χ1v) is 7.02. The monoisotopic (exact) mass is 274 g/mol. The zero-order chi connectivity index (χ0) is 13.9. The second kappa shape index (κ2) is 5.63. The highest BCUT2D eigenvalue weighted by Crippen LogP contribution is 2.22. The number of carbonyl (C=O) groups is 2. The van der Waals surface area contributed by atoms with Crippen LogP contribution in [0.5, 0.6) is 0 Å². The molecule has 1 atom stereocenters. The Morgan fingerprint density at radius 2 is 2.10 bits per heavy atom. The molecule has 1 aromatic carbocycles. The Morgan fingerprint density at radius 1 is 1.25 bits per heavy atom. The van der Waals surface area contributed by atoms with Crippen molar-refractivity contribution in [2.75, 3.05) is 18.5 Å². The van der Waals surface area contributed by atoms with Crippen molar-refractivity contribution in [1.29, 1.82) is 0 Å². The van der Waals surface area contributed by atoms with E-state index in [0.29, 0.717) is 13.2 Å². The summed E-state index contributed by atoms with van der Waals surface area (Å²) in [5.41, 5.74) is 1.75. The third-order valence-corrected chi connectivity index (χ3v) is 3.75. The van der Waals surface area contributed by atoms with Crippen molar-refractivity contribution in [3.8, 4) is 0 Å². The number of benzene rings is 1. The predicted octanol–water partition coefficient (Wildman–Crippen LogP) is 1.54. The van der Waals surface area contributed by atoms with E-state index in [1.807, 2.05) is 24.3 Å². The van der Waals surface area contributed by atoms with Gasteiger partial charge < -0.3 is 15.0 Å². The minimum absolute atomic E-state index is 0.0726. The van der Waals surface area contributed by atoms with Crippen molar-refractivity contribution < 1.29 is 14.3 Å². The molecule has 1 unspecified atom stereocenters. The summed E-state index contributed by atoms with van der Waals surface area (Å²) in [7, 11) is 0. The quantitative estimate of drug-likeness (QED) is 0.845. The average molecular weight is 274 g/mol. The van der Waals surface area contributed by atoms with Crippen LogP contribution >= 0.6 is 0 Å². The number of para-hydroxylation sites is 1. The smallest absolute Gasteiger partial charge is 0.252 e. The number of ether oxygens (including phenoxy) is 1. The fourth-order valence-electron chi connectivity index (χ4n) is 2.70. The zero-order valence-corrected chi connectivity index (χ0v) is 11.3. The van der Waals surface area contributed by atoms with Crippen LogP contribution in [0, 0.1) is 0 Å². The second-order valence-electron chi connectivity index (χ2n) is 5.25. The maximum atomic E-state index is 12.5. The summed E-state index contributed by atoms with van der Waals surface area (Å²) in [6.07, 6.45) is 2.38. The third-order valence-electron chi connectivity index (χ3n) is 3.75. The second-order valence-corrected chi connectivity index (χ2v) is 5.25. The number of rotatable bonds is 1. The van der Waals surface area contributed by atoms with E-state index < -0.39 is 0 Å². The molecule has 1 fully saturated rings. The van der Waals surface area contributed by atoms with Crippen LogP contribution in [0.4, 0.5) is 5.69 Å². The molecule has 20 heavy (non-hydrogen) atoms. The van der Waals surface area contributed by atoms with Crippen LogP contribution in [0.15, 0.2) is 24.3 Å². The fraction of sp³-hybridized carbons (Fsp3) is 0.467. The summed E-state index contributed by atoms with van der Waals surface area (Å²) in [5.74, 6) is -0.226. The SMILES string of the molecule is O=C1CN(C(=O)C2CCCCO2)Cc2ccccc2N1. The molecule has 1 aromatic rings. The van der Waals surface area contributed by atoms with E-state index in [0.717, 1.165) is 30.5 Å². The molecule has 0 saturated carbocycles. The van der Waals surface area contributed by atoms with Crippen LogP contribution in [-0.2, 0) is 20.9 Å². The van der Waals surface area contributed by atoms with E-state index in [9.17, 15) is 9.59 Å². The van der Waals surface area contributed by atoms with Crippen molar-refractivity contribution in [3.05, 3.63) is 29.8 Å². The molecule has 1 saturated heterocycles. The lowest BCUT2D eigenvalue weighted by atomic mass is 10.1. The van der Waals surface area contributed by atoms with E-state index in [1.165, 1.54) is 0 Å². The highest BCUT2D eigenvalue weighted by atomic mass is 16.5. The molecule has 0 radical (unpaired) electrons. The van der Waals surface area contributed by atoms with Crippen LogP contribution < -0.4 is 5.32 Å². The number of hydrogen-bond acceptors (Lipinski definition) is 3. The van der Waals surface area contributed by atoms with Gasteiger partial charge in [0, 0.05) is 18.8 Å². The Morgan fingerprint density at radius 3 is 2.90 bits per heavy atom. The van der Waals surface area contributed by atoms with Crippen molar-refractivity contribution >= 4 is 17.5 Å². The molecule has 2 amide bonds. The molecule has 0 bridgehead atoms. The standard InChI is InChI=1S/C15H18N2O3/c18-14-10-17(15(19)13-7-3-4-8-20-13)9-11-5-1-2-6-12(11)16-14/h1-2,5-6,13H,3-4,7-10H2,(H,16,18). The average Bonchev–Trinajstić information content (AvgIpc) is 2.65. The summed E-state index contributed by atoms with van der Waals surface area (Å²) in [5, 5.41) is 2.84. The van der Waals surface area contributed by atoms with Gasteiger partial charge in [0.05, 0.1) is 0 Å². The van der Waals surface area contributed by atoms with Crippen LogP contribution in [0.3, 0.4) is 0 Å². The molecule has 0 aliphatic carbocycles. The molecule has 5 nitrogen and oxygen atoms in total. The van der Waals surface area contributed by atoms with E-state index in [2.05, 4.69) is 5.32 Å². The molecule has 3 rings (SSSR count). The Kier molecular flexibility index (Phi) is 3.69. The summed E-state index contributed by atoms with van der Waals surface area (Å²) < 4.78 is 5.53. The Balaban J connectivity index is 1.79. The van der Waals surface area contributed by atoms with Gasteiger partial charge in [0.25, 0.3) is 5.91 Å². The topological polar surface area (TPSA) is 58.6 Å². The van der Waals surface area contributed by atoms with E-state index in [1.54, 1.807) is 4.90 Å². The Labute approximate surface area is 117 Å². The first kappa shape index (κ1) is 13.1. The van der Waals surface area contributed by atoms with Crippen LogP contribution in [0.2, 0.25) is 0 Å². The number of amides is 2. The maximum Gasteiger partial charge on any atom is 0.252 e. The first-order valence-electron chi connectivity index (χ1n) is 7.02. The molecular formula is C15H18N2O3. The molecule has 0 aromatic heterocycles. The van der Waals surface area contributed by atoms with E-state index in [4.69, 9.17) is 4.74 Å². The molecule has 1 N–H and O–H groups in total. The highest BCUT2D eigenvalue weighted by Gasteiger charge is 2.30. The summed E-state index contributed by atoms with van der Waals surface area (Å²) >= 11 is 0. The minimum Gasteiger partial charge on any atom is -0.368 e. The van der Waals surface area contributed by atoms with Crippen molar-refractivity contribution in [2.45, 2.75) is 31.9 Å². The Hall–Kier alpha value is -1.88. The summed E-state index contributed by atoms with van der Waals surface area (Å²) in [6, 6.07) is 7.58. The molecule has 2 heterocycles. The van der Waals surface area contributed by atoms with Gasteiger partial charge in [0.1, 0.15) is 12.6 Å². The number of anilines is 1. The number of hydrogen-bond donors (Lipinski definition) is 1. The third kappa shape index (κ3) is 2.67. The maximum absolute atomic E-state index is 12.5. The number of nitrogens with zero attached hydrogens (tertiary/aromatic N) is 1.